The average molecular weight is 217 g/mol. The Morgan fingerprint density at radius 1 is 1.31 bits per heavy atom. The molecule has 1 aliphatic rings. The molecular weight excluding hydrogens is 202 g/mol. The molecule has 2 rings (SSSR count). The SMILES string of the molecule is NC(N)=NC1=NCCN1Cc1ccccc1. The number of rotatable bonds is 2. The van der Waals surface area contributed by atoms with Crippen molar-refractivity contribution in [2.24, 2.45) is 21.5 Å². The van der Waals surface area contributed by atoms with E-state index in [1.807, 2.05) is 18.2 Å². The summed E-state index contributed by atoms with van der Waals surface area (Å²) in [5.41, 5.74) is 11.9. The van der Waals surface area contributed by atoms with E-state index in [4.69, 9.17) is 11.5 Å². The molecule has 1 aliphatic heterocycles. The van der Waals surface area contributed by atoms with E-state index in [2.05, 4.69) is 27.0 Å². The van der Waals surface area contributed by atoms with Gasteiger partial charge in [-0.05, 0) is 5.56 Å². The van der Waals surface area contributed by atoms with Crippen LogP contribution in [0.5, 0.6) is 0 Å². The van der Waals surface area contributed by atoms with E-state index >= 15 is 0 Å². The van der Waals surface area contributed by atoms with E-state index in [1.54, 1.807) is 0 Å². The van der Waals surface area contributed by atoms with Crippen LogP contribution in [0, 0.1) is 0 Å². The van der Waals surface area contributed by atoms with Crippen molar-refractivity contribution in [1.82, 2.24) is 4.90 Å². The molecule has 1 aromatic rings. The fourth-order valence-corrected chi connectivity index (χ4v) is 1.65. The molecule has 16 heavy (non-hydrogen) atoms. The molecule has 0 atom stereocenters. The molecule has 0 aliphatic carbocycles. The second-order valence-electron chi connectivity index (χ2n) is 3.63. The lowest BCUT2D eigenvalue weighted by atomic mass is 10.2. The maximum Gasteiger partial charge on any atom is 0.224 e. The lowest BCUT2D eigenvalue weighted by Crippen LogP contribution is -2.31. The highest BCUT2D eigenvalue weighted by molar-refractivity contribution is 5.94. The lowest BCUT2D eigenvalue weighted by molar-refractivity contribution is 0.448. The Bertz CT molecular complexity index is 406. The van der Waals surface area contributed by atoms with Crippen molar-refractivity contribution in [3.8, 4) is 0 Å². The smallest absolute Gasteiger partial charge is 0.224 e. The molecule has 0 radical (unpaired) electrons. The molecule has 0 saturated heterocycles. The molecule has 1 aromatic carbocycles. The molecule has 0 unspecified atom stereocenters. The summed E-state index contributed by atoms with van der Waals surface area (Å²) in [4.78, 5) is 10.3. The first-order valence-corrected chi connectivity index (χ1v) is 5.18. The number of nitrogens with zero attached hydrogens (tertiary/aromatic N) is 3. The highest BCUT2D eigenvalue weighted by Gasteiger charge is 2.16. The van der Waals surface area contributed by atoms with Gasteiger partial charge in [0.05, 0.1) is 6.54 Å². The number of hydrogen-bond donors (Lipinski definition) is 2. The van der Waals surface area contributed by atoms with E-state index in [0.29, 0.717) is 5.96 Å². The Morgan fingerprint density at radius 2 is 2.06 bits per heavy atom. The van der Waals surface area contributed by atoms with Gasteiger partial charge in [-0.1, -0.05) is 30.3 Å². The molecule has 4 N–H and O–H groups in total. The van der Waals surface area contributed by atoms with Gasteiger partial charge in [-0.15, -0.1) is 0 Å². The molecule has 0 bridgehead atoms. The first kappa shape index (κ1) is 10.5. The molecule has 1 heterocycles. The van der Waals surface area contributed by atoms with Gasteiger partial charge >= 0.3 is 0 Å². The van der Waals surface area contributed by atoms with Crippen LogP contribution in [0.15, 0.2) is 40.3 Å². The third-order valence-electron chi connectivity index (χ3n) is 2.35. The zero-order valence-electron chi connectivity index (χ0n) is 9.00. The third kappa shape index (κ3) is 2.50. The Labute approximate surface area is 94.5 Å². The molecular formula is C11H15N5. The molecule has 0 spiro atoms. The number of benzene rings is 1. The molecule has 0 saturated carbocycles. The highest BCUT2D eigenvalue weighted by Crippen LogP contribution is 2.09. The first-order valence-electron chi connectivity index (χ1n) is 5.18. The van der Waals surface area contributed by atoms with Crippen molar-refractivity contribution >= 4 is 11.9 Å². The van der Waals surface area contributed by atoms with Gasteiger partial charge in [-0.3, -0.25) is 0 Å². The van der Waals surface area contributed by atoms with E-state index in [1.165, 1.54) is 5.56 Å². The van der Waals surface area contributed by atoms with Crippen LogP contribution >= 0.6 is 0 Å². The van der Waals surface area contributed by atoms with Crippen LogP contribution in [0.2, 0.25) is 0 Å². The molecule has 5 nitrogen and oxygen atoms in total. The molecule has 5 heteroatoms. The third-order valence-corrected chi connectivity index (χ3v) is 2.35. The summed E-state index contributed by atoms with van der Waals surface area (Å²) in [6.45, 7) is 2.40. The minimum Gasteiger partial charge on any atom is -0.370 e. The maximum absolute atomic E-state index is 5.35. The monoisotopic (exact) mass is 217 g/mol. The molecule has 0 amide bonds. The van der Waals surface area contributed by atoms with E-state index in [0.717, 1.165) is 19.6 Å². The predicted molar refractivity (Wildman–Crippen MR) is 65.0 cm³/mol. The van der Waals surface area contributed by atoms with Crippen molar-refractivity contribution in [3.63, 3.8) is 0 Å². The van der Waals surface area contributed by atoms with Gasteiger partial charge < -0.3 is 16.4 Å². The Hall–Kier alpha value is -2.04. The van der Waals surface area contributed by atoms with Crippen LogP contribution in [0.4, 0.5) is 0 Å². The fourth-order valence-electron chi connectivity index (χ4n) is 1.65. The average Bonchev–Trinajstić information content (AvgIpc) is 2.66. The summed E-state index contributed by atoms with van der Waals surface area (Å²) in [6, 6.07) is 10.2. The van der Waals surface area contributed by atoms with Crippen molar-refractivity contribution < 1.29 is 0 Å². The van der Waals surface area contributed by atoms with Crippen molar-refractivity contribution in [1.29, 1.82) is 0 Å². The predicted octanol–water partition coefficient (Wildman–Crippen LogP) is 0.132. The van der Waals surface area contributed by atoms with Crippen molar-refractivity contribution in [2.75, 3.05) is 13.1 Å². The largest absolute Gasteiger partial charge is 0.370 e. The molecule has 0 fully saturated rings. The summed E-state index contributed by atoms with van der Waals surface area (Å²) in [5, 5.41) is 0. The Morgan fingerprint density at radius 3 is 2.75 bits per heavy atom. The van der Waals surface area contributed by atoms with Crippen molar-refractivity contribution in [3.05, 3.63) is 35.9 Å². The summed E-state index contributed by atoms with van der Waals surface area (Å²) in [5.74, 6) is 0.683. The lowest BCUT2D eigenvalue weighted by Gasteiger charge is -2.17. The quantitative estimate of drug-likeness (QED) is 0.546. The second kappa shape index (κ2) is 4.65. The van der Waals surface area contributed by atoms with Crippen molar-refractivity contribution in [2.45, 2.75) is 6.54 Å². The van der Waals surface area contributed by atoms with Crippen LogP contribution in [-0.4, -0.2) is 29.9 Å². The van der Waals surface area contributed by atoms with Gasteiger partial charge in [0.2, 0.25) is 5.96 Å². The fraction of sp³-hybridized carbons (Fsp3) is 0.273. The zero-order chi connectivity index (χ0) is 11.4. The molecule has 0 aromatic heterocycles. The van der Waals surface area contributed by atoms with Gasteiger partial charge in [0, 0.05) is 13.1 Å². The Kier molecular flexibility index (Phi) is 3.05. The van der Waals surface area contributed by atoms with E-state index in [-0.39, 0.29) is 5.96 Å². The van der Waals surface area contributed by atoms with Gasteiger partial charge in [0.15, 0.2) is 5.96 Å². The standard InChI is InChI=1S/C11H15N5/c12-10(13)15-11-14-6-7-16(11)8-9-4-2-1-3-5-9/h1-5H,6-8H2,(H4,12,13,14,15). The van der Waals surface area contributed by atoms with Crippen LogP contribution in [0.1, 0.15) is 5.56 Å². The molecule has 84 valence electrons. The van der Waals surface area contributed by atoms with Crippen LogP contribution in [0.3, 0.4) is 0 Å². The topological polar surface area (TPSA) is 80.0 Å². The van der Waals surface area contributed by atoms with Crippen LogP contribution in [-0.2, 0) is 6.54 Å². The summed E-state index contributed by atoms with van der Waals surface area (Å²) >= 11 is 0. The summed E-state index contributed by atoms with van der Waals surface area (Å²) in [7, 11) is 0. The van der Waals surface area contributed by atoms with Crippen LogP contribution in [0.25, 0.3) is 0 Å². The van der Waals surface area contributed by atoms with E-state index < -0.39 is 0 Å². The maximum atomic E-state index is 5.35. The summed E-state index contributed by atoms with van der Waals surface area (Å²) < 4.78 is 0. The zero-order valence-corrected chi connectivity index (χ0v) is 9.00. The number of guanidine groups is 2. The number of aliphatic imine (C=N–C) groups is 2. The minimum atomic E-state index is 0.0544. The Balaban J connectivity index is 2.06. The van der Waals surface area contributed by atoms with Gasteiger partial charge in [0.1, 0.15) is 0 Å². The van der Waals surface area contributed by atoms with Gasteiger partial charge in [-0.2, -0.15) is 4.99 Å². The highest BCUT2D eigenvalue weighted by atomic mass is 15.3. The second-order valence-corrected chi connectivity index (χ2v) is 3.63. The number of nitrogens with two attached hydrogens (primary N) is 2. The normalized spacial score (nSPS) is 14.8. The number of hydrogen-bond acceptors (Lipinski definition) is 3. The van der Waals surface area contributed by atoms with Gasteiger partial charge in [-0.25, -0.2) is 4.99 Å². The first-order chi connectivity index (χ1) is 7.75. The minimum absolute atomic E-state index is 0.0544. The van der Waals surface area contributed by atoms with E-state index in [9.17, 15) is 0 Å². The summed E-state index contributed by atoms with van der Waals surface area (Å²) in [6.07, 6.45) is 0. The van der Waals surface area contributed by atoms with Crippen LogP contribution < -0.4 is 11.5 Å². The van der Waals surface area contributed by atoms with Gasteiger partial charge in [0.25, 0.3) is 0 Å².